The summed E-state index contributed by atoms with van der Waals surface area (Å²) in [5.41, 5.74) is 9.82. The van der Waals surface area contributed by atoms with Crippen molar-refractivity contribution in [2.45, 2.75) is 31.3 Å². The highest BCUT2D eigenvalue weighted by Gasteiger charge is 2.32. The van der Waals surface area contributed by atoms with E-state index < -0.39 is 11.5 Å². The molecule has 0 aliphatic carbocycles. The zero-order chi connectivity index (χ0) is 10.5. The van der Waals surface area contributed by atoms with Gasteiger partial charge in [0.2, 0.25) is 0 Å². The van der Waals surface area contributed by atoms with E-state index in [1.165, 1.54) is 7.11 Å². The predicted octanol–water partition coefficient (Wildman–Crippen LogP) is -0.382. The second-order valence-electron chi connectivity index (χ2n) is 3.12. The molecule has 13 heavy (non-hydrogen) atoms. The van der Waals surface area contributed by atoms with Crippen molar-refractivity contribution >= 4 is 5.97 Å². The van der Waals surface area contributed by atoms with Crippen LogP contribution in [0.4, 0.5) is 0 Å². The average molecular weight is 184 g/mol. The highest BCUT2D eigenvalue weighted by molar-refractivity contribution is 5.84. The molecular formula is C9H16N2O2. The lowest BCUT2D eigenvalue weighted by Gasteiger charge is -2.20. The monoisotopic (exact) mass is 184 g/mol. The van der Waals surface area contributed by atoms with Crippen LogP contribution in [0.2, 0.25) is 0 Å². The molecule has 4 N–H and O–H groups in total. The lowest BCUT2D eigenvalue weighted by Crippen LogP contribution is -2.48. The van der Waals surface area contributed by atoms with Crippen molar-refractivity contribution in [3.63, 3.8) is 0 Å². The van der Waals surface area contributed by atoms with E-state index in [0.717, 1.165) is 0 Å². The van der Waals surface area contributed by atoms with Gasteiger partial charge in [-0.3, -0.25) is 0 Å². The first-order valence-electron chi connectivity index (χ1n) is 4.07. The van der Waals surface area contributed by atoms with Crippen LogP contribution >= 0.6 is 0 Å². The van der Waals surface area contributed by atoms with Crippen LogP contribution < -0.4 is 11.5 Å². The molecule has 0 aliphatic heterocycles. The fourth-order valence-electron chi connectivity index (χ4n) is 0.871. The van der Waals surface area contributed by atoms with E-state index in [2.05, 4.69) is 10.7 Å². The fourth-order valence-corrected chi connectivity index (χ4v) is 0.871. The molecule has 2 atom stereocenters. The maximum atomic E-state index is 11.1. The number of esters is 1. The minimum Gasteiger partial charge on any atom is -0.467 e. The molecule has 0 aromatic carbocycles. The van der Waals surface area contributed by atoms with Crippen molar-refractivity contribution in [2.24, 2.45) is 11.5 Å². The summed E-state index contributed by atoms with van der Waals surface area (Å²) < 4.78 is 4.49. The van der Waals surface area contributed by atoms with Crippen LogP contribution in [0.3, 0.4) is 0 Å². The summed E-state index contributed by atoms with van der Waals surface area (Å²) in [5.74, 6) is 1.64. The first-order valence-corrected chi connectivity index (χ1v) is 4.07. The van der Waals surface area contributed by atoms with Gasteiger partial charge in [0, 0.05) is 6.04 Å². The highest BCUT2D eigenvalue weighted by Crippen LogP contribution is 2.11. The highest BCUT2D eigenvalue weighted by atomic mass is 16.5. The smallest absolute Gasteiger partial charge is 0.338 e. The normalized spacial score (nSPS) is 16.8. The molecule has 4 heteroatoms. The number of carbonyl (C=O) groups excluding carboxylic acids is 1. The topological polar surface area (TPSA) is 78.3 Å². The Morgan fingerprint density at radius 1 is 1.77 bits per heavy atom. The Kier molecular flexibility index (Phi) is 4.46. The van der Waals surface area contributed by atoms with Crippen LogP contribution in [0.5, 0.6) is 0 Å². The van der Waals surface area contributed by atoms with Crippen molar-refractivity contribution in [1.29, 1.82) is 0 Å². The molecule has 0 aliphatic rings. The Hall–Kier alpha value is -1.05. The van der Waals surface area contributed by atoms with E-state index in [0.29, 0.717) is 12.8 Å². The van der Waals surface area contributed by atoms with Gasteiger partial charge < -0.3 is 16.2 Å². The molecule has 0 aromatic heterocycles. The van der Waals surface area contributed by atoms with Crippen molar-refractivity contribution in [1.82, 2.24) is 0 Å². The third kappa shape index (κ3) is 3.45. The molecule has 0 rings (SSSR count). The van der Waals surface area contributed by atoms with E-state index in [-0.39, 0.29) is 6.04 Å². The number of hydrogen-bond acceptors (Lipinski definition) is 4. The summed E-state index contributed by atoms with van der Waals surface area (Å²) in [6, 6.07) is -0.0269. The maximum Gasteiger partial charge on any atom is 0.338 e. The fraction of sp³-hybridized carbons (Fsp3) is 0.667. The van der Waals surface area contributed by atoms with Gasteiger partial charge in [-0.1, -0.05) is 5.92 Å². The Balaban J connectivity index is 4.31. The van der Waals surface area contributed by atoms with Gasteiger partial charge in [-0.15, -0.1) is 6.42 Å². The van der Waals surface area contributed by atoms with Gasteiger partial charge in [-0.25, -0.2) is 4.79 Å². The van der Waals surface area contributed by atoms with Crippen molar-refractivity contribution < 1.29 is 9.53 Å². The summed E-state index contributed by atoms with van der Waals surface area (Å²) in [5, 5.41) is 0. The van der Waals surface area contributed by atoms with Crippen LogP contribution in [0.25, 0.3) is 0 Å². The largest absolute Gasteiger partial charge is 0.467 e. The SMILES string of the molecule is C#CC(N)(CCC(C)N)C(=O)OC. The van der Waals surface area contributed by atoms with Crippen LogP contribution in [0, 0.1) is 12.3 Å². The third-order valence-corrected chi connectivity index (χ3v) is 1.80. The first-order chi connectivity index (χ1) is 5.96. The number of carbonyl (C=O) groups is 1. The van der Waals surface area contributed by atoms with Crippen LogP contribution in [0.15, 0.2) is 0 Å². The predicted molar refractivity (Wildman–Crippen MR) is 50.7 cm³/mol. The van der Waals surface area contributed by atoms with E-state index >= 15 is 0 Å². The lowest BCUT2D eigenvalue weighted by atomic mass is 9.94. The van der Waals surface area contributed by atoms with Crippen molar-refractivity contribution in [3.8, 4) is 12.3 Å². The zero-order valence-corrected chi connectivity index (χ0v) is 8.04. The minimum atomic E-state index is -1.33. The van der Waals surface area contributed by atoms with Gasteiger partial charge in [0.05, 0.1) is 7.11 Å². The van der Waals surface area contributed by atoms with Crippen molar-refractivity contribution in [3.05, 3.63) is 0 Å². The molecule has 0 aromatic rings. The molecule has 0 amide bonds. The van der Waals surface area contributed by atoms with Gasteiger partial charge in [0.15, 0.2) is 5.54 Å². The van der Waals surface area contributed by atoms with Gasteiger partial charge in [-0.05, 0) is 19.8 Å². The number of rotatable bonds is 4. The zero-order valence-electron chi connectivity index (χ0n) is 8.04. The number of terminal acetylenes is 1. The van der Waals surface area contributed by atoms with E-state index in [4.69, 9.17) is 17.9 Å². The summed E-state index contributed by atoms with van der Waals surface area (Å²) in [6.45, 7) is 1.83. The van der Waals surface area contributed by atoms with E-state index in [9.17, 15) is 4.79 Å². The molecule has 0 heterocycles. The van der Waals surface area contributed by atoms with Gasteiger partial charge in [0.25, 0.3) is 0 Å². The minimum absolute atomic E-state index is 0.0269. The Bertz CT molecular complexity index is 220. The number of nitrogens with two attached hydrogens (primary N) is 2. The first kappa shape index (κ1) is 11.9. The van der Waals surface area contributed by atoms with Gasteiger partial charge >= 0.3 is 5.97 Å². The Morgan fingerprint density at radius 3 is 2.62 bits per heavy atom. The number of hydrogen-bond donors (Lipinski definition) is 2. The average Bonchev–Trinajstić information content (AvgIpc) is 2.12. The quantitative estimate of drug-likeness (QED) is 0.461. The van der Waals surface area contributed by atoms with Gasteiger partial charge in [-0.2, -0.15) is 0 Å². The molecule has 0 saturated carbocycles. The Morgan fingerprint density at radius 2 is 2.31 bits per heavy atom. The van der Waals surface area contributed by atoms with Crippen molar-refractivity contribution in [2.75, 3.05) is 7.11 Å². The van der Waals surface area contributed by atoms with Crippen LogP contribution in [-0.2, 0) is 9.53 Å². The molecule has 0 fully saturated rings. The number of ether oxygens (including phenoxy) is 1. The molecule has 0 bridgehead atoms. The lowest BCUT2D eigenvalue weighted by molar-refractivity contribution is -0.145. The van der Waals surface area contributed by atoms with Gasteiger partial charge in [0.1, 0.15) is 0 Å². The number of methoxy groups -OCH3 is 1. The molecule has 0 spiro atoms. The molecule has 2 unspecified atom stereocenters. The molecule has 0 radical (unpaired) electrons. The summed E-state index contributed by atoms with van der Waals surface area (Å²) in [6.07, 6.45) is 6.09. The molecule has 4 nitrogen and oxygen atoms in total. The van der Waals surface area contributed by atoms with Crippen LogP contribution in [0.1, 0.15) is 19.8 Å². The summed E-state index contributed by atoms with van der Waals surface area (Å²) >= 11 is 0. The maximum absolute atomic E-state index is 11.1. The van der Waals surface area contributed by atoms with Crippen LogP contribution in [-0.4, -0.2) is 24.7 Å². The standard InChI is InChI=1S/C9H16N2O2/c1-4-9(11,8(12)13-3)6-5-7(2)10/h1,7H,5-6,10-11H2,2-3H3. The van der Waals surface area contributed by atoms with E-state index in [1.807, 2.05) is 6.92 Å². The Labute approximate surface area is 78.6 Å². The summed E-state index contributed by atoms with van der Waals surface area (Å²) in [4.78, 5) is 11.1. The summed E-state index contributed by atoms with van der Waals surface area (Å²) in [7, 11) is 1.26. The third-order valence-electron chi connectivity index (χ3n) is 1.80. The second kappa shape index (κ2) is 4.85. The van der Waals surface area contributed by atoms with E-state index in [1.54, 1.807) is 0 Å². The molecule has 0 saturated heterocycles. The molecular weight excluding hydrogens is 168 g/mol. The second-order valence-corrected chi connectivity index (χ2v) is 3.12. The molecule has 74 valence electrons.